The molecule has 4 N–H and O–H groups in total. The molecule has 0 spiro atoms. The van der Waals surface area contributed by atoms with Crippen molar-refractivity contribution in [2.24, 2.45) is 11.7 Å². The lowest BCUT2D eigenvalue weighted by Gasteiger charge is -2.39. The van der Waals surface area contributed by atoms with Crippen LogP contribution < -0.4 is 16.4 Å². The Morgan fingerprint density at radius 1 is 0.975 bits per heavy atom. The van der Waals surface area contributed by atoms with E-state index in [0.29, 0.717) is 24.4 Å². The van der Waals surface area contributed by atoms with Crippen LogP contribution in [0.25, 0.3) is 0 Å². The molecule has 9 heteroatoms. The lowest BCUT2D eigenvalue weighted by Crippen LogP contribution is -2.55. The molecule has 0 saturated heterocycles. The zero-order chi connectivity index (χ0) is 30.5. The maximum absolute atomic E-state index is 14.3. The van der Waals surface area contributed by atoms with E-state index < -0.39 is 35.6 Å². The van der Waals surface area contributed by atoms with Gasteiger partial charge in [-0.05, 0) is 76.8 Å². The lowest BCUT2D eigenvalue weighted by atomic mass is 9.95. The van der Waals surface area contributed by atoms with Crippen molar-refractivity contribution in [3.63, 3.8) is 0 Å². The van der Waals surface area contributed by atoms with E-state index >= 15 is 0 Å². The molecule has 0 aliphatic heterocycles. The van der Waals surface area contributed by atoms with Crippen LogP contribution in [-0.2, 0) is 25.5 Å². The molecule has 1 aromatic carbocycles. The predicted molar refractivity (Wildman–Crippen MR) is 158 cm³/mol. The van der Waals surface area contributed by atoms with E-state index in [1.54, 1.807) is 25.7 Å². The van der Waals surface area contributed by atoms with Crippen molar-refractivity contribution in [1.82, 2.24) is 15.5 Å². The van der Waals surface area contributed by atoms with Crippen LogP contribution in [0.1, 0.15) is 111 Å². The van der Waals surface area contributed by atoms with E-state index in [2.05, 4.69) is 31.4 Å². The number of carbonyl (C=O) groups is 4. The molecule has 0 heterocycles. The summed E-state index contributed by atoms with van der Waals surface area (Å²) in [5.41, 5.74) is 6.43. The van der Waals surface area contributed by atoms with Gasteiger partial charge in [0.1, 0.15) is 17.7 Å². The number of hydrogen-bond acceptors (Lipinski definition) is 5. The fourth-order valence-electron chi connectivity index (χ4n) is 4.35. The molecular formula is C31H52N4O5. The number of nitrogens with one attached hydrogen (secondary N) is 2. The third-order valence-electron chi connectivity index (χ3n) is 6.62. The molecular weight excluding hydrogens is 508 g/mol. The number of benzene rings is 1. The second-order valence-corrected chi connectivity index (χ2v) is 11.9. The standard InChI is InChI=1S/C31H52N4O5/c1-9-11-20-33-28(37)27(24-16-14-23(10-2)15-17-24)35(22(5)13-12-21(3)4)29(38)25(18-19-26(32)36)34-30(39)40-31(6,7)8/h14-17,21-22,25,27H,9-13,18-20H2,1-8H3,(H2,32,36)(H,33,37)(H,34,39). The summed E-state index contributed by atoms with van der Waals surface area (Å²) in [7, 11) is 0. The van der Waals surface area contributed by atoms with Crippen LogP contribution >= 0.6 is 0 Å². The molecule has 0 bridgehead atoms. The first kappa shape index (κ1) is 34.9. The van der Waals surface area contributed by atoms with Gasteiger partial charge in [-0.25, -0.2) is 4.79 Å². The Hall–Kier alpha value is -3.10. The molecule has 0 radical (unpaired) electrons. The van der Waals surface area contributed by atoms with E-state index in [0.717, 1.165) is 31.2 Å². The van der Waals surface area contributed by atoms with E-state index in [1.165, 1.54) is 0 Å². The van der Waals surface area contributed by atoms with E-state index in [1.807, 2.05) is 38.1 Å². The molecule has 0 saturated carbocycles. The summed E-state index contributed by atoms with van der Waals surface area (Å²) in [5, 5.41) is 5.66. The number of carbonyl (C=O) groups excluding carboxylic acids is 4. The highest BCUT2D eigenvalue weighted by Gasteiger charge is 2.38. The third-order valence-corrected chi connectivity index (χ3v) is 6.62. The van der Waals surface area contributed by atoms with E-state index in [4.69, 9.17) is 10.5 Å². The van der Waals surface area contributed by atoms with Gasteiger partial charge in [0.05, 0.1) is 0 Å². The molecule has 1 rings (SSSR count). The monoisotopic (exact) mass is 560 g/mol. The zero-order valence-electron chi connectivity index (χ0n) is 25.8. The minimum absolute atomic E-state index is 0.0141. The van der Waals surface area contributed by atoms with Crippen molar-refractivity contribution < 1.29 is 23.9 Å². The predicted octanol–water partition coefficient (Wildman–Crippen LogP) is 5.02. The summed E-state index contributed by atoms with van der Waals surface area (Å²) < 4.78 is 5.41. The summed E-state index contributed by atoms with van der Waals surface area (Å²) in [4.78, 5) is 54.1. The topological polar surface area (TPSA) is 131 Å². The summed E-state index contributed by atoms with van der Waals surface area (Å²) in [6.45, 7) is 15.9. The van der Waals surface area contributed by atoms with Crippen molar-refractivity contribution >= 4 is 23.8 Å². The van der Waals surface area contributed by atoms with Gasteiger partial charge < -0.3 is 26.0 Å². The normalized spacial score (nSPS) is 13.7. The van der Waals surface area contributed by atoms with Crippen LogP contribution in [0.15, 0.2) is 24.3 Å². The van der Waals surface area contributed by atoms with Crippen LogP contribution in [0.4, 0.5) is 4.79 Å². The zero-order valence-corrected chi connectivity index (χ0v) is 25.8. The van der Waals surface area contributed by atoms with Crippen LogP contribution in [0.3, 0.4) is 0 Å². The molecule has 40 heavy (non-hydrogen) atoms. The van der Waals surface area contributed by atoms with Gasteiger partial charge in [0.25, 0.3) is 0 Å². The van der Waals surface area contributed by atoms with Gasteiger partial charge in [-0.1, -0.05) is 58.4 Å². The van der Waals surface area contributed by atoms with Crippen LogP contribution in [-0.4, -0.2) is 52.9 Å². The Kier molecular flexibility index (Phi) is 14.7. The van der Waals surface area contributed by atoms with E-state index in [-0.39, 0.29) is 24.8 Å². The number of unbranched alkanes of at least 4 members (excludes halogenated alkanes) is 1. The lowest BCUT2D eigenvalue weighted by molar-refractivity contribution is -0.145. The van der Waals surface area contributed by atoms with Crippen molar-refractivity contribution in [3.8, 4) is 0 Å². The molecule has 0 aliphatic carbocycles. The summed E-state index contributed by atoms with van der Waals surface area (Å²) in [6.07, 6.45) is 3.17. The smallest absolute Gasteiger partial charge is 0.408 e. The average Bonchev–Trinajstić information content (AvgIpc) is 2.86. The Bertz CT molecular complexity index is 955. The fourth-order valence-corrected chi connectivity index (χ4v) is 4.35. The van der Waals surface area contributed by atoms with Crippen LogP contribution in [0.2, 0.25) is 0 Å². The minimum atomic E-state index is -1.11. The second-order valence-electron chi connectivity index (χ2n) is 11.9. The maximum Gasteiger partial charge on any atom is 0.408 e. The van der Waals surface area contributed by atoms with Gasteiger partial charge in [-0.15, -0.1) is 0 Å². The number of nitrogens with zero attached hydrogens (tertiary/aromatic N) is 1. The maximum atomic E-state index is 14.3. The Morgan fingerprint density at radius 3 is 2.10 bits per heavy atom. The highest BCUT2D eigenvalue weighted by Crippen LogP contribution is 2.28. The van der Waals surface area contributed by atoms with Crippen LogP contribution in [0.5, 0.6) is 0 Å². The number of alkyl carbamates (subject to hydrolysis) is 1. The van der Waals surface area contributed by atoms with Crippen molar-refractivity contribution in [3.05, 3.63) is 35.4 Å². The highest BCUT2D eigenvalue weighted by molar-refractivity contribution is 5.92. The highest BCUT2D eigenvalue weighted by atomic mass is 16.6. The summed E-state index contributed by atoms with van der Waals surface area (Å²) in [6, 6.07) is 5.34. The number of aryl methyl sites for hydroxylation is 1. The Morgan fingerprint density at radius 2 is 1.60 bits per heavy atom. The van der Waals surface area contributed by atoms with Crippen molar-refractivity contribution in [2.45, 2.75) is 124 Å². The van der Waals surface area contributed by atoms with Gasteiger partial charge in [0, 0.05) is 19.0 Å². The van der Waals surface area contributed by atoms with Crippen LogP contribution in [0, 0.1) is 5.92 Å². The SMILES string of the molecule is CCCCNC(=O)C(c1ccc(CC)cc1)N(C(=O)C(CCC(N)=O)NC(=O)OC(C)(C)C)C(C)CCC(C)C. The van der Waals surface area contributed by atoms with Gasteiger partial charge in [-0.3, -0.25) is 14.4 Å². The number of ether oxygens (including phenoxy) is 1. The third kappa shape index (κ3) is 12.4. The molecule has 0 aliphatic rings. The van der Waals surface area contributed by atoms with Gasteiger partial charge in [0.15, 0.2) is 0 Å². The average molecular weight is 561 g/mol. The van der Waals surface area contributed by atoms with Gasteiger partial charge in [-0.2, -0.15) is 0 Å². The van der Waals surface area contributed by atoms with Gasteiger partial charge in [0.2, 0.25) is 17.7 Å². The molecule has 226 valence electrons. The summed E-state index contributed by atoms with van der Waals surface area (Å²) in [5.74, 6) is -0.940. The van der Waals surface area contributed by atoms with Crippen molar-refractivity contribution in [1.29, 1.82) is 0 Å². The molecule has 3 unspecified atom stereocenters. The number of nitrogens with two attached hydrogens (primary N) is 1. The Labute approximate surface area is 241 Å². The number of hydrogen-bond donors (Lipinski definition) is 3. The molecule has 4 amide bonds. The summed E-state index contributed by atoms with van der Waals surface area (Å²) >= 11 is 0. The number of rotatable bonds is 16. The largest absolute Gasteiger partial charge is 0.444 e. The molecule has 0 aromatic heterocycles. The quantitative estimate of drug-likeness (QED) is 0.244. The minimum Gasteiger partial charge on any atom is -0.444 e. The first-order valence-corrected chi connectivity index (χ1v) is 14.7. The first-order valence-electron chi connectivity index (χ1n) is 14.7. The fraction of sp³-hybridized carbons (Fsp3) is 0.677. The molecule has 1 aromatic rings. The Balaban J connectivity index is 3.61. The van der Waals surface area contributed by atoms with Crippen molar-refractivity contribution in [2.75, 3.05) is 6.54 Å². The molecule has 9 nitrogen and oxygen atoms in total. The van der Waals surface area contributed by atoms with E-state index in [9.17, 15) is 19.2 Å². The molecule has 0 fully saturated rings. The number of primary amides is 1. The first-order chi connectivity index (χ1) is 18.7. The molecule has 3 atom stereocenters. The van der Waals surface area contributed by atoms with Gasteiger partial charge >= 0.3 is 6.09 Å². The second kappa shape index (κ2) is 16.9. The number of amides is 4.